The lowest BCUT2D eigenvalue weighted by Crippen LogP contribution is -2.30. The maximum absolute atomic E-state index is 13.1. The standard InChI is InChI=1S/C27H25NO6/c1-18(26(29)28-21-11-12-24-25(17-21)33-14-13-32-24)34-27(30)23(20-8-4-3-5-9-20)16-19-7-6-10-22(15-19)31-2/h3-12,15-18H,13-14H2,1-2H3,(H,28,29). The summed E-state index contributed by atoms with van der Waals surface area (Å²) in [7, 11) is 1.58. The number of ether oxygens (including phenoxy) is 4. The van der Waals surface area contributed by atoms with Crippen molar-refractivity contribution in [3.05, 3.63) is 83.9 Å². The highest BCUT2D eigenvalue weighted by Crippen LogP contribution is 2.32. The Bertz CT molecular complexity index is 1200. The molecule has 0 aromatic heterocycles. The average molecular weight is 459 g/mol. The molecule has 7 nitrogen and oxygen atoms in total. The van der Waals surface area contributed by atoms with Gasteiger partial charge in [-0.05, 0) is 48.4 Å². The highest BCUT2D eigenvalue weighted by Gasteiger charge is 2.22. The molecule has 0 bridgehead atoms. The van der Waals surface area contributed by atoms with Crippen LogP contribution in [0, 0.1) is 0 Å². The molecule has 174 valence electrons. The first kappa shape index (κ1) is 22.9. The normalized spacial score (nSPS) is 13.5. The van der Waals surface area contributed by atoms with Crippen LogP contribution in [0.4, 0.5) is 5.69 Å². The van der Waals surface area contributed by atoms with Gasteiger partial charge in [-0.1, -0.05) is 42.5 Å². The minimum atomic E-state index is -1.03. The zero-order valence-electron chi connectivity index (χ0n) is 18.9. The Kier molecular flexibility index (Phi) is 7.13. The van der Waals surface area contributed by atoms with E-state index < -0.39 is 18.0 Å². The number of esters is 1. The molecule has 0 fully saturated rings. The van der Waals surface area contributed by atoms with Crippen LogP contribution in [0.15, 0.2) is 72.8 Å². The average Bonchev–Trinajstić information content (AvgIpc) is 2.87. The minimum Gasteiger partial charge on any atom is -0.497 e. The van der Waals surface area contributed by atoms with Crippen molar-refractivity contribution in [3.8, 4) is 17.2 Å². The third-order valence-electron chi connectivity index (χ3n) is 5.17. The number of hydrogen-bond acceptors (Lipinski definition) is 6. The number of nitrogens with one attached hydrogen (secondary N) is 1. The minimum absolute atomic E-state index is 0.327. The molecule has 1 N–H and O–H groups in total. The van der Waals surface area contributed by atoms with E-state index in [1.807, 2.05) is 54.6 Å². The van der Waals surface area contributed by atoms with Crippen LogP contribution in [0.3, 0.4) is 0 Å². The maximum Gasteiger partial charge on any atom is 0.339 e. The van der Waals surface area contributed by atoms with Crippen molar-refractivity contribution >= 4 is 29.2 Å². The molecule has 1 aliphatic heterocycles. The van der Waals surface area contributed by atoms with Crippen LogP contribution in [-0.2, 0) is 14.3 Å². The van der Waals surface area contributed by atoms with Crippen molar-refractivity contribution < 1.29 is 28.5 Å². The molecule has 1 unspecified atom stereocenters. The second kappa shape index (κ2) is 10.6. The summed E-state index contributed by atoms with van der Waals surface area (Å²) in [4.78, 5) is 25.8. The van der Waals surface area contributed by atoms with Crippen LogP contribution in [0.2, 0.25) is 0 Å². The number of anilines is 1. The topological polar surface area (TPSA) is 83.1 Å². The summed E-state index contributed by atoms with van der Waals surface area (Å²) in [6.07, 6.45) is 0.684. The first-order valence-electron chi connectivity index (χ1n) is 10.9. The summed E-state index contributed by atoms with van der Waals surface area (Å²) in [5, 5.41) is 2.75. The van der Waals surface area contributed by atoms with Crippen LogP contribution in [-0.4, -0.2) is 38.3 Å². The fourth-order valence-corrected chi connectivity index (χ4v) is 3.42. The second-order valence-electron chi connectivity index (χ2n) is 7.60. The number of carbonyl (C=O) groups is 2. The second-order valence-corrected chi connectivity index (χ2v) is 7.60. The Hall–Kier alpha value is -4.26. The van der Waals surface area contributed by atoms with Gasteiger partial charge in [-0.2, -0.15) is 0 Å². The van der Waals surface area contributed by atoms with Gasteiger partial charge in [0.1, 0.15) is 19.0 Å². The lowest BCUT2D eigenvalue weighted by molar-refractivity contribution is -0.147. The molecule has 1 amide bonds. The van der Waals surface area contributed by atoms with Gasteiger partial charge in [0.15, 0.2) is 17.6 Å². The van der Waals surface area contributed by atoms with E-state index in [9.17, 15) is 9.59 Å². The molecule has 0 saturated carbocycles. The molecule has 0 saturated heterocycles. The van der Waals surface area contributed by atoms with E-state index >= 15 is 0 Å². The van der Waals surface area contributed by atoms with Crippen molar-refractivity contribution in [2.24, 2.45) is 0 Å². The number of methoxy groups -OCH3 is 1. The monoisotopic (exact) mass is 459 g/mol. The molecular formula is C27H25NO6. The molecule has 1 heterocycles. The van der Waals surface area contributed by atoms with Gasteiger partial charge in [0, 0.05) is 11.8 Å². The summed E-state index contributed by atoms with van der Waals surface area (Å²) < 4.78 is 21.9. The Morgan fingerprint density at radius 3 is 2.47 bits per heavy atom. The fraction of sp³-hybridized carbons (Fsp3) is 0.185. The molecule has 0 spiro atoms. The predicted octanol–water partition coefficient (Wildman–Crippen LogP) is 4.58. The van der Waals surface area contributed by atoms with Crippen molar-refractivity contribution in [2.75, 3.05) is 25.6 Å². The van der Waals surface area contributed by atoms with Crippen molar-refractivity contribution in [1.82, 2.24) is 0 Å². The Morgan fingerprint density at radius 1 is 0.941 bits per heavy atom. The molecule has 0 aliphatic carbocycles. The molecular weight excluding hydrogens is 434 g/mol. The lowest BCUT2D eigenvalue weighted by atomic mass is 10.0. The predicted molar refractivity (Wildman–Crippen MR) is 129 cm³/mol. The van der Waals surface area contributed by atoms with Gasteiger partial charge in [-0.15, -0.1) is 0 Å². The third kappa shape index (κ3) is 5.56. The zero-order valence-corrected chi connectivity index (χ0v) is 18.9. The molecule has 1 atom stereocenters. The van der Waals surface area contributed by atoms with E-state index in [0.29, 0.717) is 47.3 Å². The van der Waals surface area contributed by atoms with Crippen LogP contribution in [0.5, 0.6) is 17.2 Å². The fourth-order valence-electron chi connectivity index (χ4n) is 3.42. The number of rotatable bonds is 7. The zero-order chi connectivity index (χ0) is 23.9. The molecule has 0 radical (unpaired) electrons. The first-order valence-corrected chi connectivity index (χ1v) is 10.9. The van der Waals surface area contributed by atoms with Gasteiger partial charge in [0.2, 0.25) is 0 Å². The summed E-state index contributed by atoms with van der Waals surface area (Å²) in [6, 6.07) is 21.6. The number of amides is 1. The molecule has 1 aliphatic rings. The van der Waals surface area contributed by atoms with Crippen LogP contribution in [0.25, 0.3) is 11.6 Å². The Balaban J connectivity index is 1.50. The summed E-state index contributed by atoms with van der Waals surface area (Å²) in [5.74, 6) is 0.777. The summed E-state index contributed by atoms with van der Waals surface area (Å²) in [5.41, 5.74) is 2.29. The highest BCUT2D eigenvalue weighted by atomic mass is 16.6. The van der Waals surface area contributed by atoms with Crippen molar-refractivity contribution in [2.45, 2.75) is 13.0 Å². The number of fused-ring (bicyclic) bond motifs is 1. The van der Waals surface area contributed by atoms with E-state index in [1.54, 1.807) is 31.4 Å². The quantitative estimate of drug-likeness (QED) is 0.316. The maximum atomic E-state index is 13.1. The van der Waals surface area contributed by atoms with Gasteiger partial charge in [0.05, 0.1) is 12.7 Å². The molecule has 4 rings (SSSR count). The Labute approximate surface area is 197 Å². The Morgan fingerprint density at radius 2 is 1.71 bits per heavy atom. The molecule has 34 heavy (non-hydrogen) atoms. The van der Waals surface area contributed by atoms with Gasteiger partial charge in [-0.25, -0.2) is 4.79 Å². The smallest absolute Gasteiger partial charge is 0.339 e. The van der Waals surface area contributed by atoms with E-state index in [0.717, 1.165) is 5.56 Å². The lowest BCUT2D eigenvalue weighted by Gasteiger charge is -2.19. The van der Waals surface area contributed by atoms with Crippen LogP contribution < -0.4 is 19.5 Å². The van der Waals surface area contributed by atoms with E-state index in [-0.39, 0.29) is 0 Å². The highest BCUT2D eigenvalue weighted by molar-refractivity contribution is 6.22. The van der Waals surface area contributed by atoms with Gasteiger partial charge in [-0.3, -0.25) is 4.79 Å². The van der Waals surface area contributed by atoms with E-state index in [4.69, 9.17) is 18.9 Å². The van der Waals surface area contributed by atoms with Crippen molar-refractivity contribution in [1.29, 1.82) is 0 Å². The molecule has 3 aromatic carbocycles. The third-order valence-corrected chi connectivity index (χ3v) is 5.17. The van der Waals surface area contributed by atoms with Gasteiger partial charge >= 0.3 is 5.97 Å². The SMILES string of the molecule is COc1cccc(C=C(C(=O)OC(C)C(=O)Nc2ccc3c(c2)OCCO3)c2ccccc2)c1. The van der Waals surface area contributed by atoms with E-state index in [2.05, 4.69) is 5.32 Å². The summed E-state index contributed by atoms with van der Waals surface area (Å²) >= 11 is 0. The van der Waals surface area contributed by atoms with Crippen molar-refractivity contribution in [3.63, 3.8) is 0 Å². The number of benzene rings is 3. The first-order chi connectivity index (χ1) is 16.5. The van der Waals surface area contributed by atoms with Crippen LogP contribution in [0.1, 0.15) is 18.1 Å². The van der Waals surface area contributed by atoms with E-state index in [1.165, 1.54) is 6.92 Å². The number of hydrogen-bond donors (Lipinski definition) is 1. The summed E-state index contributed by atoms with van der Waals surface area (Å²) in [6.45, 7) is 2.46. The molecule has 3 aromatic rings. The number of carbonyl (C=O) groups excluding carboxylic acids is 2. The largest absolute Gasteiger partial charge is 0.497 e. The van der Waals surface area contributed by atoms with Crippen LogP contribution >= 0.6 is 0 Å². The van der Waals surface area contributed by atoms with Gasteiger partial charge < -0.3 is 24.3 Å². The van der Waals surface area contributed by atoms with Gasteiger partial charge in [0.25, 0.3) is 5.91 Å². The molecule has 7 heteroatoms.